The lowest BCUT2D eigenvalue weighted by molar-refractivity contribution is -0.141. The van der Waals surface area contributed by atoms with Crippen LogP contribution in [0, 0.1) is 17.6 Å². The van der Waals surface area contributed by atoms with Gasteiger partial charge in [-0.15, -0.1) is 0 Å². The van der Waals surface area contributed by atoms with E-state index >= 15 is 0 Å². The number of nitrogens with zero attached hydrogens (tertiary/aromatic N) is 2. The standard InChI is InChI=1S/C19H25F2N3O3/c20-16-2-1-3-17(21)15(16)4-7-22-19(26)24-8-5-14(6-9-24)18(25)23-10-12-27-13-11-23/h1-3,14H,4-13H2,(H,22,26). The van der Waals surface area contributed by atoms with Crippen LogP contribution in [0.3, 0.4) is 0 Å². The van der Waals surface area contributed by atoms with Crippen LogP contribution in [-0.2, 0) is 16.0 Å². The second-order valence-corrected chi connectivity index (χ2v) is 6.88. The summed E-state index contributed by atoms with van der Waals surface area (Å²) >= 11 is 0. The van der Waals surface area contributed by atoms with Gasteiger partial charge in [-0.25, -0.2) is 13.6 Å². The van der Waals surface area contributed by atoms with Crippen LogP contribution in [0.5, 0.6) is 0 Å². The van der Waals surface area contributed by atoms with E-state index in [-0.39, 0.29) is 36.4 Å². The number of carbonyl (C=O) groups is 2. The van der Waals surface area contributed by atoms with E-state index in [2.05, 4.69) is 5.32 Å². The van der Waals surface area contributed by atoms with Crippen LogP contribution in [0.1, 0.15) is 18.4 Å². The van der Waals surface area contributed by atoms with Crippen molar-refractivity contribution in [2.24, 2.45) is 5.92 Å². The zero-order valence-electron chi connectivity index (χ0n) is 15.3. The van der Waals surface area contributed by atoms with Gasteiger partial charge in [0.2, 0.25) is 5.91 Å². The highest BCUT2D eigenvalue weighted by Gasteiger charge is 2.30. The molecular weight excluding hydrogens is 356 g/mol. The van der Waals surface area contributed by atoms with Gasteiger partial charge in [0.15, 0.2) is 0 Å². The second kappa shape index (κ2) is 9.12. The molecule has 6 nitrogen and oxygen atoms in total. The van der Waals surface area contributed by atoms with Crippen molar-refractivity contribution in [2.75, 3.05) is 45.9 Å². The molecule has 2 aliphatic heterocycles. The normalized spacial score (nSPS) is 18.4. The number of benzene rings is 1. The Morgan fingerprint density at radius 3 is 2.30 bits per heavy atom. The summed E-state index contributed by atoms with van der Waals surface area (Å²) in [6.07, 6.45) is 1.35. The number of amides is 3. The molecule has 27 heavy (non-hydrogen) atoms. The molecule has 8 heteroatoms. The summed E-state index contributed by atoms with van der Waals surface area (Å²) in [7, 11) is 0. The highest BCUT2D eigenvalue weighted by atomic mass is 19.1. The number of hydrogen-bond acceptors (Lipinski definition) is 3. The summed E-state index contributed by atoms with van der Waals surface area (Å²) in [4.78, 5) is 28.2. The van der Waals surface area contributed by atoms with Crippen LogP contribution in [-0.4, -0.2) is 67.7 Å². The maximum Gasteiger partial charge on any atom is 0.317 e. The molecule has 3 amide bonds. The van der Waals surface area contributed by atoms with E-state index in [0.29, 0.717) is 52.2 Å². The molecule has 2 saturated heterocycles. The second-order valence-electron chi connectivity index (χ2n) is 6.88. The maximum absolute atomic E-state index is 13.6. The molecule has 0 aromatic heterocycles. The number of ether oxygens (including phenoxy) is 1. The smallest absolute Gasteiger partial charge is 0.317 e. The van der Waals surface area contributed by atoms with Crippen molar-refractivity contribution < 1.29 is 23.1 Å². The average molecular weight is 381 g/mol. The first-order valence-electron chi connectivity index (χ1n) is 9.38. The highest BCUT2D eigenvalue weighted by molar-refractivity contribution is 5.80. The van der Waals surface area contributed by atoms with Gasteiger partial charge >= 0.3 is 6.03 Å². The van der Waals surface area contributed by atoms with Crippen molar-refractivity contribution in [3.05, 3.63) is 35.4 Å². The molecule has 2 fully saturated rings. The first-order valence-corrected chi connectivity index (χ1v) is 9.38. The van der Waals surface area contributed by atoms with Crippen molar-refractivity contribution in [2.45, 2.75) is 19.3 Å². The van der Waals surface area contributed by atoms with Crippen LogP contribution >= 0.6 is 0 Å². The van der Waals surface area contributed by atoms with Crippen molar-refractivity contribution in [3.8, 4) is 0 Å². The summed E-state index contributed by atoms with van der Waals surface area (Å²) in [5, 5.41) is 2.70. The number of rotatable bonds is 4. The van der Waals surface area contributed by atoms with E-state index in [1.807, 2.05) is 4.90 Å². The van der Waals surface area contributed by atoms with E-state index in [9.17, 15) is 18.4 Å². The highest BCUT2D eigenvalue weighted by Crippen LogP contribution is 2.20. The quantitative estimate of drug-likeness (QED) is 0.865. The average Bonchev–Trinajstić information content (AvgIpc) is 2.70. The van der Waals surface area contributed by atoms with E-state index in [1.54, 1.807) is 4.90 Å². The zero-order chi connectivity index (χ0) is 19.2. The van der Waals surface area contributed by atoms with E-state index in [0.717, 1.165) is 0 Å². The number of nitrogens with one attached hydrogen (secondary N) is 1. The van der Waals surface area contributed by atoms with Gasteiger partial charge in [-0.2, -0.15) is 0 Å². The fourth-order valence-corrected chi connectivity index (χ4v) is 3.55. The summed E-state index contributed by atoms with van der Waals surface area (Å²) in [5.74, 6) is -1.12. The maximum atomic E-state index is 13.6. The summed E-state index contributed by atoms with van der Waals surface area (Å²) in [6, 6.07) is 3.46. The van der Waals surface area contributed by atoms with Crippen LogP contribution < -0.4 is 5.32 Å². The summed E-state index contributed by atoms with van der Waals surface area (Å²) in [5.41, 5.74) is -0.0207. The molecule has 2 heterocycles. The number of hydrogen-bond donors (Lipinski definition) is 1. The van der Waals surface area contributed by atoms with Crippen LogP contribution in [0.4, 0.5) is 13.6 Å². The fourth-order valence-electron chi connectivity index (χ4n) is 3.55. The first kappa shape index (κ1) is 19.5. The Morgan fingerprint density at radius 1 is 1.04 bits per heavy atom. The molecule has 2 aliphatic rings. The topological polar surface area (TPSA) is 61.9 Å². The molecule has 0 unspecified atom stereocenters. The van der Waals surface area contributed by atoms with Gasteiger partial charge < -0.3 is 19.9 Å². The lowest BCUT2D eigenvalue weighted by atomic mass is 9.95. The summed E-state index contributed by atoms with van der Waals surface area (Å²) < 4.78 is 32.5. The van der Waals surface area contributed by atoms with Crippen molar-refractivity contribution in [1.82, 2.24) is 15.1 Å². The number of likely N-dealkylation sites (tertiary alicyclic amines) is 1. The summed E-state index contributed by atoms with van der Waals surface area (Å²) in [6.45, 7) is 3.58. The Labute approximate surface area is 157 Å². The molecule has 1 aromatic rings. The molecule has 0 atom stereocenters. The van der Waals surface area contributed by atoms with Crippen LogP contribution in [0.25, 0.3) is 0 Å². The molecule has 0 spiro atoms. The van der Waals surface area contributed by atoms with Gasteiger partial charge in [0, 0.05) is 44.2 Å². The third-order valence-corrected chi connectivity index (χ3v) is 5.17. The molecule has 1 aromatic carbocycles. The first-order chi connectivity index (χ1) is 13.1. The number of morpholine rings is 1. The molecule has 0 bridgehead atoms. The van der Waals surface area contributed by atoms with E-state index in [1.165, 1.54) is 18.2 Å². The Balaban J connectivity index is 1.41. The predicted octanol–water partition coefficient (Wildman–Crippen LogP) is 1.79. The molecule has 0 radical (unpaired) electrons. The number of carbonyl (C=O) groups excluding carboxylic acids is 2. The van der Waals surface area contributed by atoms with Crippen LogP contribution in [0.2, 0.25) is 0 Å². The minimum absolute atomic E-state index is 0.0207. The van der Waals surface area contributed by atoms with Crippen molar-refractivity contribution >= 4 is 11.9 Å². The largest absolute Gasteiger partial charge is 0.378 e. The molecule has 148 valence electrons. The number of halogens is 2. The minimum atomic E-state index is -0.605. The molecule has 0 saturated carbocycles. The fraction of sp³-hybridized carbons (Fsp3) is 0.579. The Kier molecular flexibility index (Phi) is 6.60. The molecule has 3 rings (SSSR count). The van der Waals surface area contributed by atoms with Gasteiger partial charge in [0.25, 0.3) is 0 Å². The van der Waals surface area contributed by atoms with Crippen LogP contribution in [0.15, 0.2) is 18.2 Å². The van der Waals surface area contributed by atoms with Gasteiger partial charge in [0.1, 0.15) is 11.6 Å². The molecular formula is C19H25F2N3O3. The molecule has 1 N–H and O–H groups in total. The number of urea groups is 1. The van der Waals surface area contributed by atoms with Crippen molar-refractivity contribution in [3.63, 3.8) is 0 Å². The van der Waals surface area contributed by atoms with E-state index in [4.69, 9.17) is 4.74 Å². The van der Waals surface area contributed by atoms with Gasteiger partial charge in [-0.3, -0.25) is 4.79 Å². The SMILES string of the molecule is O=C(NCCc1c(F)cccc1F)N1CCC(C(=O)N2CCOCC2)CC1. The Morgan fingerprint density at radius 2 is 1.67 bits per heavy atom. The van der Waals surface area contributed by atoms with Gasteiger partial charge in [-0.05, 0) is 31.4 Å². The number of piperidine rings is 1. The minimum Gasteiger partial charge on any atom is -0.378 e. The monoisotopic (exact) mass is 381 g/mol. The predicted molar refractivity (Wildman–Crippen MR) is 95.2 cm³/mol. The van der Waals surface area contributed by atoms with Crippen molar-refractivity contribution in [1.29, 1.82) is 0 Å². The third-order valence-electron chi connectivity index (χ3n) is 5.17. The lowest BCUT2D eigenvalue weighted by Gasteiger charge is -2.35. The lowest BCUT2D eigenvalue weighted by Crippen LogP contribution is -2.49. The molecule has 0 aliphatic carbocycles. The van der Waals surface area contributed by atoms with Gasteiger partial charge in [-0.1, -0.05) is 6.07 Å². The third kappa shape index (κ3) is 4.94. The van der Waals surface area contributed by atoms with Gasteiger partial charge in [0.05, 0.1) is 13.2 Å². The Hall–Kier alpha value is -2.22. The Bertz CT molecular complexity index is 652. The van der Waals surface area contributed by atoms with E-state index < -0.39 is 11.6 Å². The zero-order valence-corrected chi connectivity index (χ0v) is 15.3.